The number of rotatable bonds is 2. The Kier molecular flexibility index (Phi) is 3.89. The summed E-state index contributed by atoms with van der Waals surface area (Å²) in [5.74, 6) is 1.36. The van der Waals surface area contributed by atoms with Crippen molar-refractivity contribution in [3.05, 3.63) is 70.0 Å². The largest absolute Gasteiger partial charge is 0.464 e. The highest BCUT2D eigenvalue weighted by Gasteiger charge is 2.32. The molecule has 0 bridgehead atoms. The van der Waals surface area contributed by atoms with Gasteiger partial charge in [0.25, 0.3) is 11.5 Å². The van der Waals surface area contributed by atoms with Gasteiger partial charge >= 0.3 is 0 Å². The quantitative estimate of drug-likeness (QED) is 0.779. The number of nitrogens with one attached hydrogen (secondary N) is 1. The fraction of sp³-hybridized carbons (Fsp3) is 0.263. The van der Waals surface area contributed by atoms with Crippen LogP contribution in [0.3, 0.4) is 0 Å². The number of aromatic amines is 1. The van der Waals surface area contributed by atoms with Gasteiger partial charge in [-0.15, -0.1) is 0 Å². The van der Waals surface area contributed by atoms with Crippen LogP contribution < -0.4 is 5.56 Å². The molecule has 0 aliphatic carbocycles. The molecule has 3 aromatic rings. The molecule has 1 atom stereocenters. The second kappa shape index (κ2) is 6.22. The molecule has 128 valence electrons. The van der Waals surface area contributed by atoms with Gasteiger partial charge in [0.1, 0.15) is 17.6 Å². The van der Waals surface area contributed by atoms with Crippen molar-refractivity contribution in [2.45, 2.75) is 13.0 Å². The van der Waals surface area contributed by atoms with Gasteiger partial charge in [-0.1, -0.05) is 18.2 Å². The minimum Gasteiger partial charge on any atom is -0.464 e. The SMILES string of the molecule is Cc1ccc(C2COCCN2C(=O)c2c[nH]c(=O)c3ccccc23)o1. The van der Waals surface area contributed by atoms with E-state index in [2.05, 4.69) is 4.98 Å². The maximum Gasteiger partial charge on any atom is 0.256 e. The summed E-state index contributed by atoms with van der Waals surface area (Å²) in [4.78, 5) is 29.6. The lowest BCUT2D eigenvalue weighted by Crippen LogP contribution is -2.43. The molecule has 1 aliphatic rings. The Morgan fingerprint density at radius 1 is 1.20 bits per heavy atom. The van der Waals surface area contributed by atoms with Crippen LogP contribution in [0.4, 0.5) is 0 Å². The molecule has 4 rings (SSSR count). The molecule has 0 radical (unpaired) electrons. The van der Waals surface area contributed by atoms with Crippen LogP contribution in [0.5, 0.6) is 0 Å². The van der Waals surface area contributed by atoms with E-state index in [1.165, 1.54) is 6.20 Å². The lowest BCUT2D eigenvalue weighted by molar-refractivity contribution is -0.00886. The molecule has 6 heteroatoms. The topological polar surface area (TPSA) is 75.5 Å². The summed E-state index contributed by atoms with van der Waals surface area (Å²) in [5.41, 5.74) is 0.276. The zero-order valence-corrected chi connectivity index (χ0v) is 13.8. The first kappa shape index (κ1) is 15.7. The number of fused-ring (bicyclic) bond motifs is 1. The van der Waals surface area contributed by atoms with Gasteiger partial charge in [-0.05, 0) is 25.1 Å². The Bertz CT molecular complexity index is 988. The van der Waals surface area contributed by atoms with Gasteiger partial charge < -0.3 is 19.0 Å². The normalized spacial score (nSPS) is 17.8. The number of benzene rings is 1. The van der Waals surface area contributed by atoms with Crippen molar-refractivity contribution in [3.8, 4) is 0 Å². The van der Waals surface area contributed by atoms with Crippen molar-refractivity contribution in [2.75, 3.05) is 19.8 Å². The molecule has 1 unspecified atom stereocenters. The molecule has 1 aliphatic heterocycles. The summed E-state index contributed by atoms with van der Waals surface area (Å²) in [5, 5.41) is 1.16. The number of hydrogen-bond acceptors (Lipinski definition) is 4. The molecule has 1 saturated heterocycles. The highest BCUT2D eigenvalue weighted by atomic mass is 16.5. The molecule has 25 heavy (non-hydrogen) atoms. The van der Waals surface area contributed by atoms with E-state index in [4.69, 9.17) is 9.15 Å². The Labute approximate surface area is 144 Å². The Morgan fingerprint density at radius 2 is 2.00 bits per heavy atom. The van der Waals surface area contributed by atoms with Crippen molar-refractivity contribution >= 4 is 16.7 Å². The van der Waals surface area contributed by atoms with E-state index in [1.807, 2.05) is 25.1 Å². The van der Waals surface area contributed by atoms with E-state index in [0.29, 0.717) is 41.9 Å². The summed E-state index contributed by atoms with van der Waals surface area (Å²) in [6.45, 7) is 3.20. The second-order valence-electron chi connectivity index (χ2n) is 6.11. The average Bonchev–Trinajstić information content (AvgIpc) is 3.08. The number of aromatic nitrogens is 1. The molecule has 1 fully saturated rings. The zero-order chi connectivity index (χ0) is 17.4. The van der Waals surface area contributed by atoms with E-state index in [-0.39, 0.29) is 17.5 Å². The Hall–Kier alpha value is -2.86. The van der Waals surface area contributed by atoms with Gasteiger partial charge in [0, 0.05) is 23.5 Å². The molecule has 1 N–H and O–H groups in total. The van der Waals surface area contributed by atoms with Crippen LogP contribution in [0, 0.1) is 6.92 Å². The van der Waals surface area contributed by atoms with Crippen LogP contribution in [0.2, 0.25) is 0 Å². The number of hydrogen-bond donors (Lipinski definition) is 1. The van der Waals surface area contributed by atoms with Crippen molar-refractivity contribution in [2.24, 2.45) is 0 Å². The molecule has 0 saturated carbocycles. The average molecular weight is 338 g/mol. The lowest BCUT2D eigenvalue weighted by Gasteiger charge is -2.34. The fourth-order valence-electron chi connectivity index (χ4n) is 3.26. The van der Waals surface area contributed by atoms with Crippen LogP contribution in [-0.4, -0.2) is 35.5 Å². The number of carbonyl (C=O) groups excluding carboxylic acids is 1. The summed E-state index contributed by atoms with van der Waals surface area (Å²) in [6.07, 6.45) is 1.49. The van der Waals surface area contributed by atoms with E-state index >= 15 is 0 Å². The van der Waals surface area contributed by atoms with Crippen LogP contribution in [0.1, 0.15) is 27.9 Å². The third-order valence-corrected chi connectivity index (χ3v) is 4.52. The molecular formula is C19H18N2O4. The second-order valence-corrected chi connectivity index (χ2v) is 6.11. The number of pyridine rings is 1. The third-order valence-electron chi connectivity index (χ3n) is 4.52. The monoisotopic (exact) mass is 338 g/mol. The van der Waals surface area contributed by atoms with E-state index < -0.39 is 0 Å². The van der Waals surface area contributed by atoms with Crippen molar-refractivity contribution in [3.63, 3.8) is 0 Å². The molecule has 3 heterocycles. The molecule has 1 aromatic carbocycles. The zero-order valence-electron chi connectivity index (χ0n) is 13.8. The first-order valence-electron chi connectivity index (χ1n) is 8.20. The number of H-pyrrole nitrogens is 1. The summed E-state index contributed by atoms with van der Waals surface area (Å²) in [7, 11) is 0. The van der Waals surface area contributed by atoms with Gasteiger partial charge in [-0.25, -0.2) is 0 Å². The maximum atomic E-state index is 13.2. The Balaban J connectivity index is 1.77. The van der Waals surface area contributed by atoms with E-state index in [0.717, 1.165) is 5.76 Å². The first-order valence-corrected chi connectivity index (χ1v) is 8.20. The van der Waals surface area contributed by atoms with Gasteiger partial charge in [0.2, 0.25) is 0 Å². The van der Waals surface area contributed by atoms with E-state index in [9.17, 15) is 9.59 Å². The van der Waals surface area contributed by atoms with Crippen LogP contribution in [-0.2, 0) is 4.74 Å². The standard InChI is InChI=1S/C19H18N2O4/c1-12-6-7-17(25-12)16-11-24-9-8-21(16)19(23)15-10-20-18(22)14-5-3-2-4-13(14)15/h2-7,10,16H,8-9,11H2,1H3,(H,20,22). The summed E-state index contributed by atoms with van der Waals surface area (Å²) < 4.78 is 11.3. The number of carbonyl (C=O) groups is 1. The molecule has 1 amide bonds. The van der Waals surface area contributed by atoms with Gasteiger partial charge in [-0.3, -0.25) is 9.59 Å². The van der Waals surface area contributed by atoms with Crippen molar-refractivity contribution in [1.29, 1.82) is 0 Å². The fourth-order valence-corrected chi connectivity index (χ4v) is 3.26. The number of aryl methyl sites for hydroxylation is 1. The van der Waals surface area contributed by atoms with Gasteiger partial charge in [0.15, 0.2) is 0 Å². The van der Waals surface area contributed by atoms with Crippen LogP contribution >= 0.6 is 0 Å². The minimum atomic E-state index is -0.277. The highest BCUT2D eigenvalue weighted by Crippen LogP contribution is 2.28. The molecule has 6 nitrogen and oxygen atoms in total. The van der Waals surface area contributed by atoms with Gasteiger partial charge in [-0.2, -0.15) is 0 Å². The molecular weight excluding hydrogens is 320 g/mol. The van der Waals surface area contributed by atoms with E-state index in [1.54, 1.807) is 23.1 Å². The maximum absolute atomic E-state index is 13.2. The van der Waals surface area contributed by atoms with Gasteiger partial charge in [0.05, 0.1) is 18.8 Å². The number of morpholine rings is 1. The predicted molar refractivity (Wildman–Crippen MR) is 92.6 cm³/mol. The smallest absolute Gasteiger partial charge is 0.256 e. The Morgan fingerprint density at radius 3 is 2.76 bits per heavy atom. The molecule has 2 aromatic heterocycles. The molecule has 0 spiro atoms. The number of amides is 1. The van der Waals surface area contributed by atoms with Crippen LogP contribution in [0.25, 0.3) is 10.8 Å². The number of nitrogens with zero attached hydrogens (tertiary/aromatic N) is 1. The number of furan rings is 1. The predicted octanol–water partition coefficient (Wildman–Crippen LogP) is 2.64. The summed E-state index contributed by atoms with van der Waals surface area (Å²) >= 11 is 0. The number of ether oxygens (including phenoxy) is 1. The third kappa shape index (κ3) is 2.74. The summed E-state index contributed by atoms with van der Waals surface area (Å²) in [6, 6.07) is 10.6. The lowest BCUT2D eigenvalue weighted by atomic mass is 10.0. The van der Waals surface area contributed by atoms with Crippen molar-refractivity contribution in [1.82, 2.24) is 9.88 Å². The highest BCUT2D eigenvalue weighted by molar-refractivity contribution is 6.06. The first-order chi connectivity index (χ1) is 12.1. The van der Waals surface area contributed by atoms with Crippen LogP contribution in [0.15, 0.2) is 51.8 Å². The van der Waals surface area contributed by atoms with Crippen molar-refractivity contribution < 1.29 is 13.9 Å². The minimum absolute atomic E-state index is 0.144.